The first-order valence-corrected chi connectivity index (χ1v) is 7.53. The SMILES string of the molecule is CSCCN(C)C(=O)c1cc(C#CCN)ccc1C. The predicted molar refractivity (Wildman–Crippen MR) is 82.5 cm³/mol. The summed E-state index contributed by atoms with van der Waals surface area (Å²) in [5, 5.41) is 0. The highest BCUT2D eigenvalue weighted by molar-refractivity contribution is 7.98. The molecule has 0 aliphatic carbocycles. The molecule has 0 saturated carbocycles. The minimum atomic E-state index is 0.0444. The number of benzene rings is 1. The summed E-state index contributed by atoms with van der Waals surface area (Å²) >= 11 is 1.73. The van der Waals surface area contributed by atoms with E-state index in [4.69, 9.17) is 5.73 Å². The maximum Gasteiger partial charge on any atom is 0.253 e. The van der Waals surface area contributed by atoms with Crippen LogP contribution in [0.25, 0.3) is 0 Å². The molecule has 19 heavy (non-hydrogen) atoms. The number of aryl methyl sites for hydroxylation is 1. The summed E-state index contributed by atoms with van der Waals surface area (Å²) in [4.78, 5) is 14.1. The lowest BCUT2D eigenvalue weighted by Gasteiger charge is -2.18. The number of thioether (sulfide) groups is 1. The quantitative estimate of drug-likeness (QED) is 0.852. The summed E-state index contributed by atoms with van der Waals surface area (Å²) < 4.78 is 0. The average molecular weight is 276 g/mol. The lowest BCUT2D eigenvalue weighted by Crippen LogP contribution is -2.29. The zero-order valence-electron chi connectivity index (χ0n) is 11.7. The Morgan fingerprint density at radius 2 is 2.21 bits per heavy atom. The molecule has 0 unspecified atom stereocenters. The summed E-state index contributed by atoms with van der Waals surface area (Å²) in [7, 11) is 1.83. The lowest BCUT2D eigenvalue weighted by molar-refractivity contribution is 0.0803. The van der Waals surface area contributed by atoms with E-state index in [0.29, 0.717) is 12.1 Å². The molecule has 0 aliphatic heterocycles. The molecule has 3 nitrogen and oxygen atoms in total. The van der Waals surface area contributed by atoms with Crippen LogP contribution in [0.15, 0.2) is 18.2 Å². The zero-order valence-corrected chi connectivity index (χ0v) is 12.5. The van der Waals surface area contributed by atoms with Crippen LogP contribution in [0.4, 0.5) is 0 Å². The van der Waals surface area contributed by atoms with E-state index in [1.54, 1.807) is 16.7 Å². The van der Waals surface area contributed by atoms with Crippen molar-refractivity contribution in [1.82, 2.24) is 4.90 Å². The van der Waals surface area contributed by atoms with Gasteiger partial charge in [-0.25, -0.2) is 0 Å². The van der Waals surface area contributed by atoms with Crippen molar-refractivity contribution in [1.29, 1.82) is 0 Å². The van der Waals surface area contributed by atoms with Crippen LogP contribution >= 0.6 is 11.8 Å². The molecule has 0 atom stereocenters. The molecule has 0 fully saturated rings. The molecule has 102 valence electrons. The Balaban J connectivity index is 2.95. The lowest BCUT2D eigenvalue weighted by atomic mass is 10.0. The number of carbonyl (C=O) groups is 1. The number of nitrogens with zero attached hydrogens (tertiary/aromatic N) is 1. The standard InChI is InChI=1S/C15H20N2OS/c1-12-6-7-13(5-4-8-16)11-14(12)15(18)17(2)9-10-19-3/h6-7,11H,8-10,16H2,1-3H3. The highest BCUT2D eigenvalue weighted by atomic mass is 32.2. The van der Waals surface area contributed by atoms with E-state index in [9.17, 15) is 4.79 Å². The van der Waals surface area contributed by atoms with E-state index in [1.807, 2.05) is 38.4 Å². The number of rotatable bonds is 4. The molecular weight excluding hydrogens is 256 g/mol. The van der Waals surface area contributed by atoms with Gasteiger partial charge in [-0.2, -0.15) is 11.8 Å². The molecule has 1 aromatic carbocycles. The third kappa shape index (κ3) is 4.62. The van der Waals surface area contributed by atoms with Crippen molar-refractivity contribution in [2.45, 2.75) is 6.92 Å². The molecule has 0 aromatic heterocycles. The van der Waals surface area contributed by atoms with Crippen LogP contribution in [0.2, 0.25) is 0 Å². The first-order chi connectivity index (χ1) is 9.10. The Bertz CT molecular complexity index is 503. The highest BCUT2D eigenvalue weighted by Crippen LogP contribution is 2.13. The molecule has 1 amide bonds. The molecule has 4 heteroatoms. The molecule has 1 rings (SSSR count). The number of hydrogen-bond donors (Lipinski definition) is 1. The number of nitrogens with two attached hydrogens (primary N) is 1. The Morgan fingerprint density at radius 1 is 1.47 bits per heavy atom. The Labute approximate surface area is 119 Å². The monoisotopic (exact) mass is 276 g/mol. The highest BCUT2D eigenvalue weighted by Gasteiger charge is 2.13. The summed E-state index contributed by atoms with van der Waals surface area (Å²) in [5.74, 6) is 6.75. The average Bonchev–Trinajstić information content (AvgIpc) is 2.43. The fraction of sp³-hybridized carbons (Fsp3) is 0.400. The second-order valence-electron chi connectivity index (χ2n) is 4.26. The number of hydrogen-bond acceptors (Lipinski definition) is 3. The van der Waals surface area contributed by atoms with Gasteiger partial charge in [-0.15, -0.1) is 0 Å². The van der Waals surface area contributed by atoms with Gasteiger partial charge in [0.15, 0.2) is 0 Å². The summed E-state index contributed by atoms with van der Waals surface area (Å²) in [6, 6.07) is 5.68. The van der Waals surface area contributed by atoms with Crippen molar-refractivity contribution >= 4 is 17.7 Å². The van der Waals surface area contributed by atoms with Gasteiger partial charge >= 0.3 is 0 Å². The second kappa shape index (κ2) is 7.88. The van der Waals surface area contributed by atoms with Gasteiger partial charge in [-0.1, -0.05) is 17.9 Å². The minimum Gasteiger partial charge on any atom is -0.341 e. The van der Waals surface area contributed by atoms with Crippen molar-refractivity contribution in [2.75, 3.05) is 32.1 Å². The predicted octanol–water partition coefficient (Wildman–Crippen LogP) is 1.74. The van der Waals surface area contributed by atoms with Crippen molar-refractivity contribution in [3.8, 4) is 11.8 Å². The van der Waals surface area contributed by atoms with E-state index in [1.165, 1.54) is 0 Å². The van der Waals surface area contributed by atoms with Crippen molar-refractivity contribution in [3.63, 3.8) is 0 Å². The van der Waals surface area contributed by atoms with E-state index in [2.05, 4.69) is 11.8 Å². The van der Waals surface area contributed by atoms with Crippen LogP contribution in [-0.4, -0.2) is 43.0 Å². The smallest absolute Gasteiger partial charge is 0.253 e. The van der Waals surface area contributed by atoms with E-state index in [-0.39, 0.29) is 5.91 Å². The largest absolute Gasteiger partial charge is 0.341 e. The summed E-state index contributed by atoms with van der Waals surface area (Å²) in [6.45, 7) is 3.01. The Morgan fingerprint density at radius 3 is 2.84 bits per heavy atom. The maximum atomic E-state index is 12.3. The fourth-order valence-corrected chi connectivity index (χ4v) is 2.08. The zero-order chi connectivity index (χ0) is 14.3. The third-order valence-corrected chi connectivity index (χ3v) is 3.37. The first kappa shape index (κ1) is 15.6. The van der Waals surface area contributed by atoms with Gasteiger partial charge in [0.2, 0.25) is 0 Å². The summed E-state index contributed by atoms with van der Waals surface area (Å²) in [5.41, 5.74) is 7.87. The van der Waals surface area contributed by atoms with Gasteiger partial charge in [0.1, 0.15) is 0 Å². The van der Waals surface area contributed by atoms with E-state index >= 15 is 0 Å². The van der Waals surface area contributed by atoms with Gasteiger partial charge in [0, 0.05) is 30.5 Å². The Kier molecular flexibility index (Phi) is 6.48. The van der Waals surface area contributed by atoms with Crippen molar-refractivity contribution < 1.29 is 4.79 Å². The maximum absolute atomic E-state index is 12.3. The van der Waals surface area contributed by atoms with Crippen LogP contribution in [0.1, 0.15) is 21.5 Å². The Hall–Kier alpha value is -1.44. The third-order valence-electron chi connectivity index (χ3n) is 2.78. The van der Waals surface area contributed by atoms with Crippen LogP contribution in [-0.2, 0) is 0 Å². The van der Waals surface area contributed by atoms with Gasteiger partial charge in [0.05, 0.1) is 6.54 Å². The van der Waals surface area contributed by atoms with Crippen LogP contribution < -0.4 is 5.73 Å². The second-order valence-corrected chi connectivity index (χ2v) is 5.24. The fourth-order valence-electron chi connectivity index (χ4n) is 1.62. The van der Waals surface area contributed by atoms with Crippen LogP contribution in [0, 0.1) is 18.8 Å². The molecule has 0 saturated heterocycles. The van der Waals surface area contributed by atoms with Gasteiger partial charge < -0.3 is 10.6 Å². The normalized spacial score (nSPS) is 9.68. The molecule has 0 aliphatic rings. The van der Waals surface area contributed by atoms with Crippen LogP contribution in [0.3, 0.4) is 0 Å². The molecule has 2 N–H and O–H groups in total. The number of carbonyl (C=O) groups excluding carboxylic acids is 1. The topological polar surface area (TPSA) is 46.3 Å². The minimum absolute atomic E-state index is 0.0444. The van der Waals surface area contributed by atoms with Crippen LogP contribution in [0.5, 0.6) is 0 Å². The van der Waals surface area contributed by atoms with Crippen molar-refractivity contribution in [3.05, 3.63) is 34.9 Å². The van der Waals surface area contributed by atoms with Gasteiger partial charge in [-0.05, 0) is 30.9 Å². The molecule has 0 spiro atoms. The molecular formula is C15H20N2OS. The van der Waals surface area contributed by atoms with Crippen molar-refractivity contribution in [2.24, 2.45) is 5.73 Å². The number of amides is 1. The van der Waals surface area contributed by atoms with E-state index in [0.717, 1.165) is 23.4 Å². The first-order valence-electron chi connectivity index (χ1n) is 6.14. The molecule has 1 aromatic rings. The molecule has 0 heterocycles. The summed E-state index contributed by atoms with van der Waals surface area (Å²) in [6.07, 6.45) is 2.03. The van der Waals surface area contributed by atoms with Gasteiger partial charge in [0.25, 0.3) is 5.91 Å². The van der Waals surface area contributed by atoms with E-state index < -0.39 is 0 Å². The van der Waals surface area contributed by atoms with Gasteiger partial charge in [-0.3, -0.25) is 4.79 Å². The molecule has 0 bridgehead atoms. The molecule has 0 radical (unpaired) electrons.